The van der Waals surface area contributed by atoms with Crippen molar-refractivity contribution in [1.29, 1.82) is 5.26 Å². The molecule has 0 spiro atoms. The highest BCUT2D eigenvalue weighted by Gasteiger charge is 2.15. The normalized spacial score (nSPS) is 10.9. The number of nitriles is 1. The summed E-state index contributed by atoms with van der Waals surface area (Å²) in [6.45, 7) is 2.19. The Balaban J connectivity index is 1.86. The van der Waals surface area contributed by atoms with Gasteiger partial charge in [-0.25, -0.2) is 4.39 Å². The topological polar surface area (TPSA) is 71.3 Å². The maximum atomic E-state index is 13.9. The van der Waals surface area contributed by atoms with E-state index >= 15 is 0 Å². The average molecular weight is 530 g/mol. The lowest BCUT2D eigenvalue weighted by Gasteiger charge is -2.14. The van der Waals surface area contributed by atoms with E-state index in [2.05, 4.69) is 21.2 Å². The Morgan fingerprint density at radius 3 is 2.61 bits per heavy atom. The van der Waals surface area contributed by atoms with Crippen LogP contribution in [0.25, 0.3) is 6.08 Å². The Morgan fingerprint density at radius 2 is 1.91 bits per heavy atom. The molecule has 0 saturated heterocycles. The standard InChI is InChI=1S/C25H19BrClFN2O3/c1-2-32-23-11-17(10-18(14-29)25(31)30-20-8-5-7-19(27)12-20)21(26)13-24(23)33-15-16-6-3-4-9-22(16)28/h3-13H,2,15H2,1H3,(H,30,31)/b18-10+. The lowest BCUT2D eigenvalue weighted by molar-refractivity contribution is -0.112. The van der Waals surface area contributed by atoms with Gasteiger partial charge in [-0.1, -0.05) is 51.8 Å². The van der Waals surface area contributed by atoms with E-state index in [0.717, 1.165) is 0 Å². The minimum Gasteiger partial charge on any atom is -0.490 e. The fraction of sp³-hybridized carbons (Fsp3) is 0.120. The van der Waals surface area contributed by atoms with Crippen molar-refractivity contribution in [2.45, 2.75) is 13.5 Å². The van der Waals surface area contributed by atoms with E-state index in [1.807, 2.05) is 13.0 Å². The molecule has 5 nitrogen and oxygen atoms in total. The minimum atomic E-state index is -0.579. The molecule has 0 aromatic heterocycles. The summed E-state index contributed by atoms with van der Waals surface area (Å²) >= 11 is 9.39. The zero-order valence-corrected chi connectivity index (χ0v) is 19.9. The highest BCUT2D eigenvalue weighted by atomic mass is 79.9. The zero-order chi connectivity index (χ0) is 23.8. The Hall–Kier alpha value is -3.34. The van der Waals surface area contributed by atoms with Crippen molar-refractivity contribution in [2.75, 3.05) is 11.9 Å². The van der Waals surface area contributed by atoms with E-state index in [-0.39, 0.29) is 18.0 Å². The van der Waals surface area contributed by atoms with Crippen LogP contribution in [0.2, 0.25) is 5.02 Å². The number of hydrogen-bond donors (Lipinski definition) is 1. The van der Waals surface area contributed by atoms with E-state index in [0.29, 0.717) is 44.4 Å². The van der Waals surface area contributed by atoms with Gasteiger partial charge in [0.05, 0.1) is 6.61 Å². The van der Waals surface area contributed by atoms with Gasteiger partial charge in [-0.3, -0.25) is 4.79 Å². The summed E-state index contributed by atoms with van der Waals surface area (Å²) in [5, 5.41) is 12.6. The molecule has 33 heavy (non-hydrogen) atoms. The first-order valence-corrected chi connectivity index (χ1v) is 11.1. The molecule has 0 aliphatic heterocycles. The maximum Gasteiger partial charge on any atom is 0.266 e. The van der Waals surface area contributed by atoms with Gasteiger partial charge in [0, 0.05) is 20.7 Å². The largest absolute Gasteiger partial charge is 0.490 e. The SMILES string of the molecule is CCOc1cc(/C=C(\C#N)C(=O)Nc2cccc(Cl)c2)c(Br)cc1OCc1ccccc1F. The number of ether oxygens (including phenoxy) is 2. The first-order chi connectivity index (χ1) is 15.9. The average Bonchev–Trinajstić information content (AvgIpc) is 2.79. The fourth-order valence-corrected chi connectivity index (χ4v) is 3.51. The molecule has 0 bridgehead atoms. The molecule has 3 rings (SSSR count). The molecule has 0 radical (unpaired) electrons. The van der Waals surface area contributed by atoms with Gasteiger partial charge in [0.25, 0.3) is 5.91 Å². The van der Waals surface area contributed by atoms with Crippen LogP contribution < -0.4 is 14.8 Å². The summed E-state index contributed by atoms with van der Waals surface area (Å²) in [6.07, 6.45) is 1.44. The Kier molecular flexibility index (Phi) is 8.47. The van der Waals surface area contributed by atoms with Gasteiger partial charge in [0.15, 0.2) is 11.5 Å². The molecule has 8 heteroatoms. The van der Waals surface area contributed by atoms with Crippen LogP contribution in [-0.2, 0) is 11.4 Å². The third-order valence-corrected chi connectivity index (χ3v) is 5.37. The molecule has 0 saturated carbocycles. The van der Waals surface area contributed by atoms with E-state index in [9.17, 15) is 14.4 Å². The fourth-order valence-electron chi connectivity index (χ4n) is 2.88. The Labute approximate surface area is 204 Å². The van der Waals surface area contributed by atoms with Crippen molar-refractivity contribution < 1.29 is 18.7 Å². The van der Waals surface area contributed by atoms with Crippen molar-refractivity contribution in [3.8, 4) is 17.6 Å². The van der Waals surface area contributed by atoms with Gasteiger partial charge in [-0.15, -0.1) is 0 Å². The second-order valence-electron chi connectivity index (χ2n) is 6.77. The van der Waals surface area contributed by atoms with E-state index in [1.165, 1.54) is 12.1 Å². The molecular formula is C25H19BrClFN2O3. The number of benzene rings is 3. The van der Waals surface area contributed by atoms with Crippen LogP contribution in [0.5, 0.6) is 11.5 Å². The molecule has 1 N–H and O–H groups in total. The lowest BCUT2D eigenvalue weighted by Crippen LogP contribution is -2.13. The Bertz CT molecular complexity index is 1240. The number of nitrogens with one attached hydrogen (secondary N) is 1. The second-order valence-corrected chi connectivity index (χ2v) is 8.06. The maximum absolute atomic E-state index is 13.9. The second kappa shape index (κ2) is 11.5. The van der Waals surface area contributed by atoms with Gasteiger partial charge < -0.3 is 14.8 Å². The highest BCUT2D eigenvalue weighted by molar-refractivity contribution is 9.10. The summed E-state index contributed by atoms with van der Waals surface area (Å²) in [6, 6.07) is 18.2. The molecule has 0 heterocycles. The number of carbonyl (C=O) groups excluding carboxylic acids is 1. The molecule has 0 aliphatic rings. The number of nitrogens with zero attached hydrogens (tertiary/aromatic N) is 1. The van der Waals surface area contributed by atoms with Crippen LogP contribution in [0.3, 0.4) is 0 Å². The summed E-state index contributed by atoms with van der Waals surface area (Å²) < 4.78 is 25.9. The van der Waals surface area contributed by atoms with E-state index in [4.69, 9.17) is 21.1 Å². The summed E-state index contributed by atoms with van der Waals surface area (Å²) in [5.41, 5.74) is 1.30. The third kappa shape index (κ3) is 6.58. The number of carbonyl (C=O) groups is 1. The number of rotatable bonds is 8. The van der Waals surface area contributed by atoms with E-state index < -0.39 is 5.91 Å². The van der Waals surface area contributed by atoms with Crippen molar-refractivity contribution in [3.63, 3.8) is 0 Å². The minimum absolute atomic E-state index is 0.0138. The summed E-state index contributed by atoms with van der Waals surface area (Å²) in [5.74, 6) is -0.148. The van der Waals surface area contributed by atoms with E-state index in [1.54, 1.807) is 54.6 Å². The molecule has 0 aliphatic carbocycles. The van der Waals surface area contributed by atoms with Crippen LogP contribution in [0.15, 0.2) is 70.7 Å². The lowest BCUT2D eigenvalue weighted by atomic mass is 10.1. The number of amides is 1. The summed E-state index contributed by atoms with van der Waals surface area (Å²) in [4.78, 5) is 12.6. The molecule has 0 atom stereocenters. The van der Waals surface area contributed by atoms with Gasteiger partial charge >= 0.3 is 0 Å². The van der Waals surface area contributed by atoms with Crippen molar-refractivity contribution in [1.82, 2.24) is 0 Å². The predicted octanol–water partition coefficient (Wildman–Crippen LogP) is 6.76. The van der Waals surface area contributed by atoms with Gasteiger partial charge in [-0.2, -0.15) is 5.26 Å². The van der Waals surface area contributed by atoms with Crippen LogP contribution in [-0.4, -0.2) is 12.5 Å². The smallest absolute Gasteiger partial charge is 0.266 e. The molecule has 0 fully saturated rings. The number of halogens is 3. The molecule has 0 unspecified atom stereocenters. The van der Waals surface area contributed by atoms with Crippen LogP contribution in [0, 0.1) is 17.1 Å². The van der Waals surface area contributed by atoms with Crippen molar-refractivity contribution >= 4 is 45.2 Å². The monoisotopic (exact) mass is 528 g/mol. The summed E-state index contributed by atoms with van der Waals surface area (Å²) in [7, 11) is 0. The first-order valence-electron chi connectivity index (χ1n) is 9.92. The van der Waals surface area contributed by atoms with Gasteiger partial charge in [0.2, 0.25) is 0 Å². The number of anilines is 1. The predicted molar refractivity (Wildman–Crippen MR) is 130 cm³/mol. The molecular weight excluding hydrogens is 511 g/mol. The number of hydrogen-bond acceptors (Lipinski definition) is 4. The molecule has 168 valence electrons. The third-order valence-electron chi connectivity index (χ3n) is 4.45. The van der Waals surface area contributed by atoms with Gasteiger partial charge in [-0.05, 0) is 55.0 Å². The van der Waals surface area contributed by atoms with Crippen molar-refractivity contribution in [3.05, 3.63) is 92.7 Å². The van der Waals surface area contributed by atoms with Crippen LogP contribution in [0.1, 0.15) is 18.1 Å². The molecule has 1 amide bonds. The first kappa shape index (κ1) is 24.3. The highest BCUT2D eigenvalue weighted by Crippen LogP contribution is 2.35. The molecule has 3 aromatic carbocycles. The molecule has 3 aromatic rings. The van der Waals surface area contributed by atoms with Crippen LogP contribution >= 0.6 is 27.5 Å². The van der Waals surface area contributed by atoms with Crippen molar-refractivity contribution in [2.24, 2.45) is 0 Å². The quantitative estimate of drug-likeness (QED) is 0.258. The van der Waals surface area contributed by atoms with Gasteiger partial charge in [0.1, 0.15) is 24.1 Å². The zero-order valence-electron chi connectivity index (χ0n) is 17.6. The Morgan fingerprint density at radius 1 is 1.15 bits per heavy atom. The van der Waals surface area contributed by atoms with Crippen LogP contribution in [0.4, 0.5) is 10.1 Å².